The number of amides is 1. The number of carbonyl (C=O) groups excluding carboxylic acids is 1. The lowest BCUT2D eigenvalue weighted by Crippen LogP contribution is -2.17. The third-order valence-corrected chi connectivity index (χ3v) is 4.69. The molecular weight excluding hydrogens is 406 g/mol. The Labute approximate surface area is 175 Å². The molecule has 4 aromatic rings. The van der Waals surface area contributed by atoms with Gasteiger partial charge in [0.1, 0.15) is 5.82 Å². The van der Waals surface area contributed by atoms with E-state index in [4.69, 9.17) is 11.6 Å². The summed E-state index contributed by atoms with van der Waals surface area (Å²) in [6, 6.07) is 18.2. The van der Waals surface area contributed by atoms with Crippen molar-refractivity contribution in [3.8, 4) is 11.4 Å². The highest BCUT2D eigenvalue weighted by atomic mass is 35.5. The third-order valence-electron chi connectivity index (χ3n) is 4.36. The van der Waals surface area contributed by atoms with Gasteiger partial charge in [0.2, 0.25) is 0 Å². The van der Waals surface area contributed by atoms with Crippen molar-refractivity contribution in [2.45, 2.75) is 0 Å². The monoisotopic (exact) mass is 419 g/mol. The van der Waals surface area contributed by atoms with Gasteiger partial charge < -0.3 is 4.98 Å². The van der Waals surface area contributed by atoms with Crippen molar-refractivity contribution in [1.29, 1.82) is 0 Å². The second-order valence-electron chi connectivity index (χ2n) is 6.34. The lowest BCUT2D eigenvalue weighted by molar-refractivity contribution is -0.384. The van der Waals surface area contributed by atoms with Gasteiger partial charge in [-0.05, 0) is 48.0 Å². The Morgan fingerprint density at radius 2 is 1.90 bits per heavy atom. The molecule has 2 N–H and O–H groups in total. The summed E-state index contributed by atoms with van der Waals surface area (Å²) < 4.78 is 0. The van der Waals surface area contributed by atoms with Gasteiger partial charge in [0.25, 0.3) is 11.6 Å². The molecule has 0 saturated carbocycles. The van der Waals surface area contributed by atoms with E-state index < -0.39 is 10.8 Å². The number of nitrogens with zero attached hydrogens (tertiary/aromatic N) is 3. The van der Waals surface area contributed by atoms with Crippen molar-refractivity contribution in [2.75, 3.05) is 0 Å². The van der Waals surface area contributed by atoms with Crippen LogP contribution in [0.2, 0.25) is 5.02 Å². The predicted molar refractivity (Wildman–Crippen MR) is 115 cm³/mol. The van der Waals surface area contributed by atoms with Gasteiger partial charge in [-0.3, -0.25) is 14.9 Å². The molecule has 0 aliphatic carbocycles. The van der Waals surface area contributed by atoms with Gasteiger partial charge in [0, 0.05) is 23.3 Å². The molecule has 0 fully saturated rings. The Bertz CT molecular complexity index is 1280. The number of nitro benzene ring substituents is 1. The number of aromatic nitrogens is 2. The smallest absolute Gasteiger partial charge is 0.271 e. The molecule has 30 heavy (non-hydrogen) atoms. The summed E-state index contributed by atoms with van der Waals surface area (Å²) in [5, 5.41) is 15.1. The number of rotatable bonds is 5. The van der Waals surface area contributed by atoms with Crippen LogP contribution in [0.1, 0.15) is 15.9 Å². The van der Waals surface area contributed by atoms with Crippen LogP contribution >= 0.6 is 11.6 Å². The Kier molecular flexibility index (Phi) is 5.23. The van der Waals surface area contributed by atoms with E-state index in [9.17, 15) is 14.9 Å². The highest BCUT2D eigenvalue weighted by Crippen LogP contribution is 2.27. The zero-order chi connectivity index (χ0) is 21.1. The van der Waals surface area contributed by atoms with E-state index >= 15 is 0 Å². The Balaban J connectivity index is 1.49. The summed E-state index contributed by atoms with van der Waals surface area (Å²) in [6.07, 6.45) is 1.41. The van der Waals surface area contributed by atoms with Gasteiger partial charge in [0.05, 0.1) is 27.2 Å². The lowest BCUT2D eigenvalue weighted by atomic mass is 10.2. The van der Waals surface area contributed by atoms with E-state index in [0.717, 1.165) is 5.56 Å². The molecule has 1 amide bonds. The highest BCUT2D eigenvalue weighted by Gasteiger charge is 2.11. The molecule has 148 valence electrons. The van der Waals surface area contributed by atoms with Crippen LogP contribution in [0.25, 0.3) is 22.4 Å². The van der Waals surface area contributed by atoms with Crippen molar-refractivity contribution in [3.05, 3.63) is 93.0 Å². The van der Waals surface area contributed by atoms with Crippen LogP contribution in [-0.4, -0.2) is 27.0 Å². The predicted octanol–water partition coefficient (Wildman–Crippen LogP) is 4.56. The molecule has 0 atom stereocenters. The number of aromatic amines is 1. The molecule has 3 aromatic carbocycles. The quantitative estimate of drug-likeness (QED) is 0.280. The average molecular weight is 420 g/mol. The molecular formula is C21H14ClN5O3. The lowest BCUT2D eigenvalue weighted by Gasteiger charge is -2.00. The number of halogens is 1. The van der Waals surface area contributed by atoms with Gasteiger partial charge >= 0.3 is 0 Å². The zero-order valence-corrected chi connectivity index (χ0v) is 16.1. The first-order valence-electron chi connectivity index (χ1n) is 8.84. The maximum Gasteiger partial charge on any atom is 0.271 e. The number of nitrogens with one attached hydrogen (secondary N) is 2. The number of non-ortho nitro benzene ring substituents is 1. The molecule has 8 nitrogen and oxygen atoms in total. The van der Waals surface area contributed by atoms with Crippen molar-refractivity contribution < 1.29 is 9.72 Å². The summed E-state index contributed by atoms with van der Waals surface area (Å²) in [5.74, 6) is 0.216. The van der Waals surface area contributed by atoms with Crippen molar-refractivity contribution >= 4 is 40.4 Å². The van der Waals surface area contributed by atoms with Crippen LogP contribution in [0, 0.1) is 10.1 Å². The minimum atomic E-state index is -0.481. The first-order chi connectivity index (χ1) is 14.5. The van der Waals surface area contributed by atoms with Crippen LogP contribution in [0.3, 0.4) is 0 Å². The first-order valence-corrected chi connectivity index (χ1v) is 9.21. The molecule has 1 heterocycles. The second kappa shape index (κ2) is 8.14. The average Bonchev–Trinajstić information content (AvgIpc) is 3.17. The van der Waals surface area contributed by atoms with Crippen molar-refractivity contribution in [1.82, 2.24) is 15.4 Å². The number of H-pyrrole nitrogens is 1. The minimum Gasteiger partial charge on any atom is -0.338 e. The van der Waals surface area contributed by atoms with Crippen LogP contribution in [0.5, 0.6) is 0 Å². The number of benzene rings is 3. The number of imidazole rings is 1. The highest BCUT2D eigenvalue weighted by molar-refractivity contribution is 6.33. The number of hydrogen-bond donors (Lipinski definition) is 2. The number of hydrazone groups is 1. The van der Waals surface area contributed by atoms with Gasteiger partial charge in [-0.1, -0.05) is 23.7 Å². The molecule has 0 radical (unpaired) electrons. The molecule has 4 rings (SSSR count). The van der Waals surface area contributed by atoms with E-state index in [1.165, 1.54) is 18.3 Å². The van der Waals surface area contributed by atoms with Crippen LogP contribution in [0.15, 0.2) is 71.8 Å². The fourth-order valence-electron chi connectivity index (χ4n) is 2.84. The minimum absolute atomic E-state index is 0.0137. The summed E-state index contributed by atoms with van der Waals surface area (Å²) in [7, 11) is 0. The van der Waals surface area contributed by atoms with Crippen molar-refractivity contribution in [2.24, 2.45) is 5.10 Å². The maximum atomic E-state index is 12.4. The number of hydrogen-bond acceptors (Lipinski definition) is 5. The summed E-state index contributed by atoms with van der Waals surface area (Å²) in [5.41, 5.74) is 5.61. The molecule has 0 saturated heterocycles. The molecule has 0 bridgehead atoms. The van der Waals surface area contributed by atoms with Gasteiger partial charge in [-0.15, -0.1) is 0 Å². The largest absolute Gasteiger partial charge is 0.338 e. The van der Waals surface area contributed by atoms with Crippen molar-refractivity contribution in [3.63, 3.8) is 0 Å². The van der Waals surface area contributed by atoms with E-state index in [0.29, 0.717) is 33.0 Å². The Morgan fingerprint density at radius 1 is 1.13 bits per heavy atom. The SMILES string of the molecule is O=C(N/N=C/c1ccc([N+](=O)[O-])cc1)c1ccc2nc(-c3ccccc3Cl)[nH]c2c1. The Hall–Kier alpha value is -4.04. The first kappa shape index (κ1) is 19.3. The standard InChI is InChI=1S/C21H14ClN5O3/c22-17-4-2-1-3-16(17)20-24-18-10-7-14(11-19(18)25-20)21(28)26-23-12-13-5-8-15(9-6-13)27(29)30/h1-12H,(H,24,25)(H,26,28)/b23-12+. The van der Waals surface area contributed by atoms with E-state index in [2.05, 4.69) is 20.5 Å². The second-order valence-corrected chi connectivity index (χ2v) is 6.75. The van der Waals surface area contributed by atoms with Crippen LogP contribution in [-0.2, 0) is 0 Å². The Morgan fingerprint density at radius 3 is 2.63 bits per heavy atom. The molecule has 1 aromatic heterocycles. The number of nitro groups is 1. The molecule has 9 heteroatoms. The summed E-state index contributed by atoms with van der Waals surface area (Å²) in [4.78, 5) is 30.3. The number of carbonyl (C=O) groups is 1. The summed E-state index contributed by atoms with van der Waals surface area (Å²) >= 11 is 6.23. The van der Waals surface area contributed by atoms with E-state index in [-0.39, 0.29) is 5.69 Å². The maximum absolute atomic E-state index is 12.4. The van der Waals surface area contributed by atoms with E-state index in [1.54, 1.807) is 36.4 Å². The molecule has 0 aliphatic rings. The van der Waals surface area contributed by atoms with Gasteiger partial charge in [-0.25, -0.2) is 10.4 Å². The fourth-order valence-corrected chi connectivity index (χ4v) is 3.07. The summed E-state index contributed by atoms with van der Waals surface area (Å²) in [6.45, 7) is 0. The number of fused-ring (bicyclic) bond motifs is 1. The topological polar surface area (TPSA) is 113 Å². The zero-order valence-electron chi connectivity index (χ0n) is 15.4. The molecule has 0 aliphatic heterocycles. The fraction of sp³-hybridized carbons (Fsp3) is 0. The normalized spacial score (nSPS) is 11.1. The third kappa shape index (κ3) is 4.03. The van der Waals surface area contributed by atoms with Crippen LogP contribution < -0.4 is 5.43 Å². The van der Waals surface area contributed by atoms with Gasteiger partial charge in [-0.2, -0.15) is 5.10 Å². The van der Waals surface area contributed by atoms with Crippen LogP contribution in [0.4, 0.5) is 5.69 Å². The van der Waals surface area contributed by atoms with E-state index in [1.807, 2.05) is 18.2 Å². The molecule has 0 spiro atoms. The van der Waals surface area contributed by atoms with Gasteiger partial charge in [0.15, 0.2) is 0 Å². The molecule has 0 unspecified atom stereocenters.